The summed E-state index contributed by atoms with van der Waals surface area (Å²) in [6.45, 7) is 13.4. The van der Waals surface area contributed by atoms with Crippen LogP contribution in [0.4, 0.5) is 5.69 Å². The van der Waals surface area contributed by atoms with Crippen LogP contribution in [0, 0.1) is 6.92 Å². The van der Waals surface area contributed by atoms with E-state index in [1.54, 1.807) is 0 Å². The number of carbonyl (C=O) groups excluding carboxylic acids is 1. The first-order valence-corrected chi connectivity index (χ1v) is 9.33. The summed E-state index contributed by atoms with van der Waals surface area (Å²) in [6, 6.07) is 8.63. The quantitative estimate of drug-likeness (QED) is 0.795. The zero-order chi connectivity index (χ0) is 18.4. The standard InChI is InChI=1S/C20H34N4O/c1-16-6-8-18(9-7-16)22-20(3,4)19(25)21-11-10-17(2)24-14-12-23(5)13-15-24/h6-9,17,22H,10-15H2,1-5H3,(H,21,25). The summed E-state index contributed by atoms with van der Waals surface area (Å²) in [5, 5.41) is 6.42. The van der Waals surface area contributed by atoms with Crippen molar-refractivity contribution in [3.8, 4) is 0 Å². The Balaban J connectivity index is 1.75. The summed E-state index contributed by atoms with van der Waals surface area (Å²) in [6.07, 6.45) is 0.982. The van der Waals surface area contributed by atoms with Crippen LogP contribution in [-0.4, -0.2) is 67.1 Å². The molecule has 1 aliphatic rings. The van der Waals surface area contributed by atoms with E-state index >= 15 is 0 Å². The minimum Gasteiger partial charge on any atom is -0.372 e. The lowest BCUT2D eigenvalue weighted by atomic mass is 10.0. The van der Waals surface area contributed by atoms with E-state index < -0.39 is 5.54 Å². The second kappa shape index (κ2) is 8.68. The molecule has 1 aromatic carbocycles. The average molecular weight is 347 g/mol. The van der Waals surface area contributed by atoms with Gasteiger partial charge >= 0.3 is 0 Å². The molecule has 1 amide bonds. The maximum Gasteiger partial charge on any atom is 0.245 e. The molecule has 2 N–H and O–H groups in total. The third-order valence-electron chi connectivity index (χ3n) is 5.08. The van der Waals surface area contributed by atoms with Gasteiger partial charge in [0.2, 0.25) is 5.91 Å². The molecule has 0 aliphatic carbocycles. The topological polar surface area (TPSA) is 47.6 Å². The van der Waals surface area contributed by atoms with E-state index in [0.717, 1.165) is 38.3 Å². The molecular formula is C20H34N4O. The number of amides is 1. The van der Waals surface area contributed by atoms with Gasteiger partial charge in [0, 0.05) is 44.5 Å². The van der Waals surface area contributed by atoms with Gasteiger partial charge in [0.25, 0.3) is 0 Å². The van der Waals surface area contributed by atoms with Crippen molar-refractivity contribution in [1.82, 2.24) is 15.1 Å². The summed E-state index contributed by atoms with van der Waals surface area (Å²) in [5.74, 6) is 0.0404. The molecule has 5 heteroatoms. The number of rotatable bonds is 7. The molecule has 1 atom stereocenters. The Bertz CT molecular complexity index is 547. The lowest BCUT2D eigenvalue weighted by Crippen LogP contribution is -2.50. The number of anilines is 1. The number of carbonyl (C=O) groups is 1. The van der Waals surface area contributed by atoms with Crippen molar-refractivity contribution in [3.05, 3.63) is 29.8 Å². The van der Waals surface area contributed by atoms with Crippen LogP contribution in [0.5, 0.6) is 0 Å². The van der Waals surface area contributed by atoms with Crippen LogP contribution in [0.3, 0.4) is 0 Å². The first-order chi connectivity index (χ1) is 11.8. The van der Waals surface area contributed by atoms with E-state index in [-0.39, 0.29) is 5.91 Å². The second-order valence-electron chi connectivity index (χ2n) is 7.85. The van der Waals surface area contributed by atoms with Gasteiger partial charge in [0.05, 0.1) is 0 Å². The predicted octanol–water partition coefficient (Wildman–Crippen LogP) is 2.33. The molecule has 25 heavy (non-hydrogen) atoms. The number of benzene rings is 1. The van der Waals surface area contributed by atoms with Crippen LogP contribution >= 0.6 is 0 Å². The fourth-order valence-corrected chi connectivity index (χ4v) is 3.12. The fraction of sp³-hybridized carbons (Fsp3) is 0.650. The first-order valence-electron chi connectivity index (χ1n) is 9.33. The number of hydrogen-bond donors (Lipinski definition) is 2. The Morgan fingerprint density at radius 1 is 1.16 bits per heavy atom. The minimum absolute atomic E-state index is 0.0404. The smallest absolute Gasteiger partial charge is 0.245 e. The SMILES string of the molecule is Cc1ccc(NC(C)(C)C(=O)NCCC(C)N2CCN(C)CC2)cc1. The number of hydrogen-bond acceptors (Lipinski definition) is 4. The highest BCUT2D eigenvalue weighted by molar-refractivity contribution is 5.88. The van der Waals surface area contributed by atoms with Gasteiger partial charge in [-0.05, 0) is 53.3 Å². The third-order valence-corrected chi connectivity index (χ3v) is 5.08. The van der Waals surface area contributed by atoms with E-state index in [9.17, 15) is 4.79 Å². The summed E-state index contributed by atoms with van der Waals surface area (Å²) < 4.78 is 0. The normalized spacial score (nSPS) is 18.0. The Labute approximate surface area is 152 Å². The van der Waals surface area contributed by atoms with E-state index in [1.165, 1.54) is 5.56 Å². The van der Waals surface area contributed by atoms with Crippen LogP contribution in [-0.2, 0) is 4.79 Å². The van der Waals surface area contributed by atoms with E-state index in [2.05, 4.69) is 41.3 Å². The Kier molecular flexibility index (Phi) is 6.85. The number of likely N-dealkylation sites (N-methyl/N-ethyl adjacent to an activating group) is 1. The van der Waals surface area contributed by atoms with Gasteiger partial charge < -0.3 is 15.5 Å². The summed E-state index contributed by atoms with van der Waals surface area (Å²) in [7, 11) is 2.17. The van der Waals surface area contributed by atoms with Gasteiger partial charge in [-0.15, -0.1) is 0 Å². The summed E-state index contributed by atoms with van der Waals surface area (Å²) in [4.78, 5) is 17.4. The lowest BCUT2D eigenvalue weighted by molar-refractivity contribution is -0.124. The van der Waals surface area contributed by atoms with Gasteiger partial charge in [-0.25, -0.2) is 0 Å². The minimum atomic E-state index is -0.633. The fourth-order valence-electron chi connectivity index (χ4n) is 3.12. The Morgan fingerprint density at radius 2 is 1.76 bits per heavy atom. The Hall–Kier alpha value is -1.59. The van der Waals surface area contributed by atoms with Crippen molar-refractivity contribution in [2.45, 2.75) is 45.7 Å². The van der Waals surface area contributed by atoms with Gasteiger partial charge in [-0.3, -0.25) is 9.69 Å². The Morgan fingerprint density at radius 3 is 2.36 bits per heavy atom. The molecule has 1 aliphatic heterocycles. The maximum absolute atomic E-state index is 12.5. The lowest BCUT2D eigenvalue weighted by Gasteiger charge is -2.36. The third kappa shape index (κ3) is 6.01. The molecule has 1 unspecified atom stereocenters. The largest absolute Gasteiger partial charge is 0.372 e. The number of aryl methyl sites for hydroxylation is 1. The van der Waals surface area contributed by atoms with Crippen LogP contribution in [0.2, 0.25) is 0 Å². The highest BCUT2D eigenvalue weighted by Crippen LogP contribution is 2.16. The number of piperazine rings is 1. The maximum atomic E-state index is 12.5. The molecule has 0 spiro atoms. The van der Waals surface area contributed by atoms with Gasteiger partial charge in [0.1, 0.15) is 5.54 Å². The van der Waals surface area contributed by atoms with Crippen molar-refractivity contribution < 1.29 is 4.79 Å². The van der Waals surface area contributed by atoms with E-state index in [0.29, 0.717) is 12.6 Å². The molecule has 1 fully saturated rings. The molecule has 1 heterocycles. The van der Waals surface area contributed by atoms with E-state index in [1.807, 2.05) is 38.1 Å². The van der Waals surface area contributed by atoms with E-state index in [4.69, 9.17) is 0 Å². The van der Waals surface area contributed by atoms with Gasteiger partial charge in [-0.2, -0.15) is 0 Å². The molecule has 0 aromatic heterocycles. The van der Waals surface area contributed by atoms with Crippen molar-refractivity contribution >= 4 is 11.6 Å². The van der Waals surface area contributed by atoms with Crippen molar-refractivity contribution in [2.24, 2.45) is 0 Å². The predicted molar refractivity (Wildman–Crippen MR) is 105 cm³/mol. The average Bonchev–Trinajstić information content (AvgIpc) is 2.57. The molecule has 140 valence electrons. The molecule has 0 saturated carbocycles. The highest BCUT2D eigenvalue weighted by atomic mass is 16.2. The molecule has 0 bridgehead atoms. The van der Waals surface area contributed by atoms with Gasteiger partial charge in [-0.1, -0.05) is 17.7 Å². The van der Waals surface area contributed by atoms with Crippen molar-refractivity contribution in [1.29, 1.82) is 0 Å². The summed E-state index contributed by atoms with van der Waals surface area (Å²) in [5.41, 5.74) is 1.55. The molecule has 0 radical (unpaired) electrons. The number of nitrogens with zero attached hydrogens (tertiary/aromatic N) is 2. The molecule has 2 rings (SSSR count). The molecule has 5 nitrogen and oxygen atoms in total. The number of nitrogens with one attached hydrogen (secondary N) is 2. The monoisotopic (exact) mass is 346 g/mol. The molecular weight excluding hydrogens is 312 g/mol. The zero-order valence-electron chi connectivity index (χ0n) is 16.4. The van der Waals surface area contributed by atoms with Crippen LogP contribution in [0.25, 0.3) is 0 Å². The van der Waals surface area contributed by atoms with Crippen LogP contribution in [0.1, 0.15) is 32.8 Å². The van der Waals surface area contributed by atoms with Crippen LogP contribution in [0.15, 0.2) is 24.3 Å². The van der Waals surface area contributed by atoms with Crippen LogP contribution < -0.4 is 10.6 Å². The van der Waals surface area contributed by atoms with Gasteiger partial charge in [0.15, 0.2) is 0 Å². The van der Waals surface area contributed by atoms with Crippen molar-refractivity contribution in [3.63, 3.8) is 0 Å². The molecule has 1 saturated heterocycles. The van der Waals surface area contributed by atoms with Crippen molar-refractivity contribution in [2.75, 3.05) is 45.1 Å². The zero-order valence-corrected chi connectivity index (χ0v) is 16.4. The summed E-state index contributed by atoms with van der Waals surface area (Å²) >= 11 is 0. The highest BCUT2D eigenvalue weighted by Gasteiger charge is 2.27. The molecule has 1 aromatic rings. The second-order valence-corrected chi connectivity index (χ2v) is 7.85. The first kappa shape index (κ1) is 19.7.